The van der Waals surface area contributed by atoms with E-state index in [1.165, 1.54) is 44.4 Å². The lowest BCUT2D eigenvalue weighted by atomic mass is 9.88. The Morgan fingerprint density at radius 3 is 2.66 bits per heavy atom. The highest BCUT2D eigenvalue weighted by Crippen LogP contribution is 2.39. The van der Waals surface area contributed by atoms with Crippen molar-refractivity contribution in [1.82, 2.24) is 29.4 Å². The van der Waals surface area contributed by atoms with E-state index in [9.17, 15) is 0 Å². The van der Waals surface area contributed by atoms with Gasteiger partial charge in [0.25, 0.3) is 0 Å². The molecule has 6 heteroatoms. The van der Waals surface area contributed by atoms with Crippen LogP contribution in [0.25, 0.3) is 27.8 Å². The van der Waals surface area contributed by atoms with Crippen LogP contribution in [0.5, 0.6) is 0 Å². The first-order valence-electron chi connectivity index (χ1n) is 11.7. The molecular formula is C26H34N6. The highest BCUT2D eigenvalue weighted by atomic mass is 15.3. The molecule has 1 saturated heterocycles. The van der Waals surface area contributed by atoms with Crippen LogP contribution in [0.3, 0.4) is 0 Å². The van der Waals surface area contributed by atoms with Crippen LogP contribution in [0.2, 0.25) is 0 Å². The van der Waals surface area contributed by atoms with E-state index in [0.29, 0.717) is 11.8 Å². The van der Waals surface area contributed by atoms with Crippen LogP contribution in [0.15, 0.2) is 30.7 Å². The molecular weight excluding hydrogens is 396 g/mol. The van der Waals surface area contributed by atoms with Crippen molar-refractivity contribution in [2.24, 2.45) is 0 Å². The molecule has 1 aliphatic rings. The predicted molar refractivity (Wildman–Crippen MR) is 132 cm³/mol. The quantitative estimate of drug-likeness (QED) is 0.487. The summed E-state index contributed by atoms with van der Waals surface area (Å²) in [5.41, 5.74) is 9.87. The van der Waals surface area contributed by atoms with Gasteiger partial charge in [-0.05, 0) is 68.2 Å². The molecule has 0 saturated carbocycles. The van der Waals surface area contributed by atoms with Gasteiger partial charge >= 0.3 is 0 Å². The molecule has 1 aliphatic heterocycles. The van der Waals surface area contributed by atoms with Crippen LogP contribution in [0, 0.1) is 13.8 Å². The molecule has 168 valence electrons. The minimum absolute atomic E-state index is 0.415. The van der Waals surface area contributed by atoms with Gasteiger partial charge in [-0.3, -0.25) is 0 Å². The highest BCUT2D eigenvalue weighted by molar-refractivity contribution is 5.92. The minimum Gasteiger partial charge on any atom is -0.354 e. The second-order valence-corrected chi connectivity index (χ2v) is 9.95. The summed E-state index contributed by atoms with van der Waals surface area (Å²) in [6, 6.07) is 7.03. The maximum atomic E-state index is 4.42. The number of nitrogens with one attached hydrogen (secondary N) is 1. The first-order valence-corrected chi connectivity index (χ1v) is 11.7. The van der Waals surface area contributed by atoms with Gasteiger partial charge in [0.1, 0.15) is 6.33 Å². The summed E-state index contributed by atoms with van der Waals surface area (Å²) < 4.78 is 1.90. The van der Waals surface area contributed by atoms with Crippen LogP contribution < -0.4 is 0 Å². The molecule has 1 N–H and O–H groups in total. The zero-order valence-electron chi connectivity index (χ0n) is 20.1. The van der Waals surface area contributed by atoms with Crippen LogP contribution in [-0.4, -0.2) is 69.7 Å². The number of likely N-dealkylation sites (N-methyl/N-ethyl adjacent to an activating group) is 1. The second kappa shape index (κ2) is 8.01. The molecule has 3 aromatic heterocycles. The Hall–Kier alpha value is -2.70. The Morgan fingerprint density at radius 2 is 1.94 bits per heavy atom. The Morgan fingerprint density at radius 1 is 1.16 bits per heavy atom. The van der Waals surface area contributed by atoms with E-state index in [2.05, 4.69) is 91.1 Å². The van der Waals surface area contributed by atoms with E-state index < -0.39 is 0 Å². The minimum atomic E-state index is 0.415. The van der Waals surface area contributed by atoms with E-state index in [1.807, 2.05) is 4.52 Å². The Bertz CT molecular complexity index is 1270. The third-order valence-corrected chi connectivity index (χ3v) is 7.13. The van der Waals surface area contributed by atoms with Gasteiger partial charge in [0, 0.05) is 54.8 Å². The maximum Gasteiger partial charge on any atom is 0.158 e. The predicted octanol–water partition coefficient (Wildman–Crippen LogP) is 4.58. The monoisotopic (exact) mass is 430 g/mol. The van der Waals surface area contributed by atoms with Gasteiger partial charge in [-0.15, -0.1) is 0 Å². The van der Waals surface area contributed by atoms with Crippen molar-refractivity contribution >= 4 is 16.6 Å². The number of pyridine rings is 1. The lowest BCUT2D eigenvalue weighted by molar-refractivity contribution is 0.136. The van der Waals surface area contributed by atoms with Gasteiger partial charge in [0.2, 0.25) is 0 Å². The van der Waals surface area contributed by atoms with Crippen molar-refractivity contribution in [3.8, 4) is 11.3 Å². The van der Waals surface area contributed by atoms with Crippen LogP contribution in [0.4, 0.5) is 0 Å². The molecule has 1 fully saturated rings. The van der Waals surface area contributed by atoms with Gasteiger partial charge < -0.3 is 14.8 Å². The number of hydrogen-bond donors (Lipinski definition) is 1. The topological polar surface area (TPSA) is 52.5 Å². The molecule has 5 rings (SSSR count). The van der Waals surface area contributed by atoms with Crippen molar-refractivity contribution in [3.05, 3.63) is 53.0 Å². The molecule has 32 heavy (non-hydrogen) atoms. The fourth-order valence-electron chi connectivity index (χ4n) is 5.06. The van der Waals surface area contributed by atoms with Crippen molar-refractivity contribution < 1.29 is 0 Å². The fraction of sp³-hybridized carbons (Fsp3) is 0.462. The molecule has 0 amide bonds. The number of benzene rings is 1. The second-order valence-electron chi connectivity index (χ2n) is 9.95. The summed E-state index contributed by atoms with van der Waals surface area (Å²) in [5.74, 6) is 1.05. The summed E-state index contributed by atoms with van der Waals surface area (Å²) in [6.45, 7) is 13.5. The third-order valence-electron chi connectivity index (χ3n) is 7.13. The van der Waals surface area contributed by atoms with Crippen molar-refractivity contribution in [2.45, 2.75) is 39.5 Å². The zero-order valence-corrected chi connectivity index (χ0v) is 20.1. The van der Waals surface area contributed by atoms with Gasteiger partial charge in [-0.1, -0.05) is 19.9 Å². The summed E-state index contributed by atoms with van der Waals surface area (Å²) >= 11 is 0. The molecule has 6 nitrogen and oxygen atoms in total. The number of aromatic amines is 1. The van der Waals surface area contributed by atoms with Gasteiger partial charge in [-0.2, -0.15) is 5.10 Å². The van der Waals surface area contributed by atoms with Gasteiger partial charge in [0.15, 0.2) is 5.65 Å². The number of aromatic nitrogens is 4. The molecule has 1 aromatic carbocycles. The Labute approximate surface area is 190 Å². The van der Waals surface area contributed by atoms with Crippen molar-refractivity contribution in [3.63, 3.8) is 0 Å². The summed E-state index contributed by atoms with van der Waals surface area (Å²) in [6.07, 6.45) is 3.75. The number of aryl methyl sites for hydroxylation is 1. The Balaban J connectivity index is 1.53. The molecule has 0 aliphatic carbocycles. The summed E-state index contributed by atoms with van der Waals surface area (Å²) in [4.78, 5) is 13.0. The van der Waals surface area contributed by atoms with E-state index in [1.54, 1.807) is 6.33 Å². The summed E-state index contributed by atoms with van der Waals surface area (Å²) in [7, 11) is 4.29. The van der Waals surface area contributed by atoms with E-state index in [-0.39, 0.29) is 0 Å². The molecule has 0 bridgehead atoms. The highest BCUT2D eigenvalue weighted by Gasteiger charge is 2.28. The van der Waals surface area contributed by atoms with Crippen molar-refractivity contribution in [2.75, 3.05) is 40.3 Å². The summed E-state index contributed by atoms with van der Waals surface area (Å²) in [5, 5.41) is 5.76. The fourth-order valence-corrected chi connectivity index (χ4v) is 5.06. The molecule has 0 spiro atoms. The van der Waals surface area contributed by atoms with Gasteiger partial charge in [-0.25, -0.2) is 9.50 Å². The standard InChI is InChI=1S/C26H34N6/c1-16(2)24-21-11-19(20-12-31(13-20)10-9-30(5)6)7-8-23(21)29-25(24)22-14-32-26(27-15-28-32)18(4)17(22)3/h7-8,11,14-16,20,29H,9-10,12-13H2,1-6H3. The first kappa shape index (κ1) is 21.2. The first-order chi connectivity index (χ1) is 15.3. The van der Waals surface area contributed by atoms with Gasteiger partial charge in [0.05, 0.1) is 5.69 Å². The average molecular weight is 431 g/mol. The number of nitrogens with zero attached hydrogens (tertiary/aromatic N) is 5. The number of fused-ring (bicyclic) bond motifs is 2. The molecule has 0 radical (unpaired) electrons. The van der Waals surface area contributed by atoms with E-state index >= 15 is 0 Å². The number of likely N-dealkylation sites (tertiary alicyclic amines) is 1. The number of H-pyrrole nitrogens is 1. The third kappa shape index (κ3) is 3.51. The SMILES string of the molecule is Cc1c(-c2[nH]c3ccc(C4CN(CCN(C)C)C4)cc3c2C(C)C)cn2ncnc2c1C. The normalized spacial score (nSPS) is 15.5. The largest absolute Gasteiger partial charge is 0.354 e. The smallest absolute Gasteiger partial charge is 0.158 e. The average Bonchev–Trinajstić information content (AvgIpc) is 3.33. The zero-order chi connectivity index (χ0) is 22.6. The maximum absolute atomic E-state index is 4.42. The lowest BCUT2D eigenvalue weighted by Crippen LogP contribution is -2.47. The van der Waals surface area contributed by atoms with Crippen molar-refractivity contribution in [1.29, 1.82) is 0 Å². The number of hydrogen-bond acceptors (Lipinski definition) is 4. The van der Waals surface area contributed by atoms with Crippen LogP contribution in [-0.2, 0) is 0 Å². The van der Waals surface area contributed by atoms with E-state index in [4.69, 9.17) is 0 Å². The molecule has 4 heterocycles. The lowest BCUT2D eigenvalue weighted by Gasteiger charge is -2.40. The molecule has 0 atom stereocenters. The van der Waals surface area contributed by atoms with E-state index in [0.717, 1.165) is 31.8 Å². The molecule has 0 unspecified atom stereocenters. The molecule has 4 aromatic rings. The van der Waals surface area contributed by atoms with Crippen LogP contribution >= 0.6 is 0 Å². The number of rotatable bonds is 6. The van der Waals surface area contributed by atoms with Crippen LogP contribution in [0.1, 0.15) is 47.9 Å². The Kier molecular flexibility index (Phi) is 5.30.